The fourth-order valence-corrected chi connectivity index (χ4v) is 4.12. The van der Waals surface area contributed by atoms with Crippen molar-refractivity contribution in [3.8, 4) is 11.1 Å². The van der Waals surface area contributed by atoms with Crippen LogP contribution >= 0.6 is 0 Å². The Morgan fingerprint density at radius 1 is 0.500 bits per heavy atom. The third kappa shape index (κ3) is 2.09. The van der Waals surface area contributed by atoms with Crippen LogP contribution in [0.5, 0.6) is 0 Å². The van der Waals surface area contributed by atoms with Gasteiger partial charge >= 0.3 is 0 Å². The van der Waals surface area contributed by atoms with E-state index >= 15 is 0 Å². The lowest BCUT2D eigenvalue weighted by Crippen LogP contribution is -1.90. The maximum Gasteiger partial charge on any atom is -0.00201 e. The van der Waals surface area contributed by atoms with Gasteiger partial charge in [-0.15, -0.1) is 0 Å². The zero-order valence-electron chi connectivity index (χ0n) is 14.4. The van der Waals surface area contributed by atoms with E-state index in [1.54, 1.807) is 0 Å². The van der Waals surface area contributed by atoms with Crippen LogP contribution in [0.3, 0.4) is 0 Å². The third-order valence-corrected chi connectivity index (χ3v) is 5.24. The number of fused-ring (bicyclic) bond motifs is 3. The molecule has 0 N–H and O–H groups in total. The Morgan fingerprint density at radius 2 is 1.00 bits per heavy atom. The second kappa shape index (κ2) is 5.86. The maximum atomic E-state index is 4.08. The van der Waals surface area contributed by atoms with Crippen LogP contribution in [0.2, 0.25) is 0 Å². The van der Waals surface area contributed by atoms with Gasteiger partial charge in [0.1, 0.15) is 0 Å². The molecular formula is C26H18. The minimum atomic E-state index is 1.21. The average Bonchev–Trinajstić information content (AvgIpc) is 2.71. The van der Waals surface area contributed by atoms with Gasteiger partial charge in [0.15, 0.2) is 0 Å². The number of rotatable bonds is 2. The van der Waals surface area contributed by atoms with E-state index in [4.69, 9.17) is 0 Å². The van der Waals surface area contributed by atoms with Crippen molar-refractivity contribution >= 4 is 38.4 Å². The van der Waals surface area contributed by atoms with Gasteiger partial charge in [-0.3, -0.25) is 0 Å². The highest BCUT2D eigenvalue weighted by atomic mass is 14.2. The number of hydrogen-bond acceptors (Lipinski definition) is 0. The van der Waals surface area contributed by atoms with Crippen molar-refractivity contribution in [2.75, 3.05) is 0 Å². The highest BCUT2D eigenvalue weighted by Gasteiger charge is 2.14. The molecule has 0 atom stereocenters. The van der Waals surface area contributed by atoms with E-state index in [1.807, 2.05) is 6.08 Å². The van der Waals surface area contributed by atoms with Crippen LogP contribution in [0.4, 0.5) is 0 Å². The lowest BCUT2D eigenvalue weighted by molar-refractivity contribution is 1.69. The molecular weight excluding hydrogens is 312 g/mol. The van der Waals surface area contributed by atoms with Gasteiger partial charge in [-0.05, 0) is 49.0 Å². The minimum absolute atomic E-state index is 1.21. The molecule has 0 fully saturated rings. The summed E-state index contributed by atoms with van der Waals surface area (Å²) in [6, 6.07) is 32.5. The summed E-state index contributed by atoms with van der Waals surface area (Å²) in [6.07, 6.45) is 1.98. The van der Waals surface area contributed by atoms with E-state index in [0.29, 0.717) is 0 Å². The van der Waals surface area contributed by atoms with E-state index in [0.717, 1.165) is 0 Å². The quantitative estimate of drug-likeness (QED) is 0.295. The van der Waals surface area contributed by atoms with E-state index in [1.165, 1.54) is 49.0 Å². The molecule has 0 bridgehead atoms. The minimum Gasteiger partial charge on any atom is -0.0984 e. The zero-order chi connectivity index (χ0) is 17.5. The molecule has 0 saturated heterocycles. The highest BCUT2D eigenvalue weighted by molar-refractivity contribution is 6.20. The van der Waals surface area contributed by atoms with Crippen LogP contribution in [0, 0.1) is 0 Å². The van der Waals surface area contributed by atoms with Crippen molar-refractivity contribution in [2.45, 2.75) is 0 Å². The molecule has 0 saturated carbocycles. The van der Waals surface area contributed by atoms with E-state index < -0.39 is 0 Å². The normalized spacial score (nSPS) is 11.2. The molecule has 0 spiro atoms. The SMILES string of the molecule is C=Cc1c2ccccc2c(-c2cccc3ccccc23)c2ccccc12. The third-order valence-electron chi connectivity index (χ3n) is 5.24. The average molecular weight is 330 g/mol. The first-order valence-electron chi connectivity index (χ1n) is 8.92. The molecule has 0 heterocycles. The molecule has 0 unspecified atom stereocenters. The van der Waals surface area contributed by atoms with Crippen molar-refractivity contribution in [1.29, 1.82) is 0 Å². The molecule has 0 heteroatoms. The van der Waals surface area contributed by atoms with Gasteiger partial charge in [-0.2, -0.15) is 0 Å². The van der Waals surface area contributed by atoms with Gasteiger partial charge in [0.2, 0.25) is 0 Å². The van der Waals surface area contributed by atoms with Crippen molar-refractivity contribution in [1.82, 2.24) is 0 Å². The van der Waals surface area contributed by atoms with Crippen molar-refractivity contribution in [3.05, 3.63) is 103 Å². The Bertz CT molecular complexity index is 1230. The molecule has 0 amide bonds. The summed E-state index contributed by atoms with van der Waals surface area (Å²) >= 11 is 0. The Balaban J connectivity index is 2.07. The predicted octanol–water partition coefficient (Wildman–Crippen LogP) is 7.46. The van der Waals surface area contributed by atoms with Gasteiger partial charge in [0.05, 0.1) is 0 Å². The first kappa shape index (κ1) is 14.9. The summed E-state index contributed by atoms with van der Waals surface area (Å²) < 4.78 is 0. The molecule has 5 aromatic carbocycles. The second-order valence-corrected chi connectivity index (χ2v) is 6.61. The van der Waals surface area contributed by atoms with Crippen LogP contribution in [-0.2, 0) is 0 Å². The fraction of sp³-hybridized carbons (Fsp3) is 0. The zero-order valence-corrected chi connectivity index (χ0v) is 14.4. The molecule has 5 aromatic rings. The summed E-state index contributed by atoms with van der Waals surface area (Å²) in [6.45, 7) is 4.08. The Morgan fingerprint density at radius 3 is 1.62 bits per heavy atom. The molecule has 0 radical (unpaired) electrons. The molecule has 122 valence electrons. The largest absolute Gasteiger partial charge is 0.0984 e. The summed E-state index contributed by atoms with van der Waals surface area (Å²) in [4.78, 5) is 0. The molecule has 0 nitrogen and oxygen atoms in total. The monoisotopic (exact) mass is 330 g/mol. The smallest absolute Gasteiger partial charge is 0.00201 e. The van der Waals surface area contributed by atoms with E-state index in [-0.39, 0.29) is 0 Å². The molecule has 5 rings (SSSR count). The van der Waals surface area contributed by atoms with Crippen molar-refractivity contribution in [3.63, 3.8) is 0 Å². The lowest BCUT2D eigenvalue weighted by atomic mass is 9.87. The topological polar surface area (TPSA) is 0 Å². The van der Waals surface area contributed by atoms with Crippen LogP contribution in [0.1, 0.15) is 5.56 Å². The van der Waals surface area contributed by atoms with Crippen molar-refractivity contribution < 1.29 is 0 Å². The second-order valence-electron chi connectivity index (χ2n) is 6.61. The Kier molecular flexibility index (Phi) is 3.36. The summed E-state index contributed by atoms with van der Waals surface area (Å²) in [5, 5.41) is 7.62. The Hall–Kier alpha value is -3.38. The van der Waals surface area contributed by atoms with E-state index in [2.05, 4.69) is 97.6 Å². The van der Waals surface area contributed by atoms with Crippen LogP contribution in [-0.4, -0.2) is 0 Å². The molecule has 0 aliphatic carbocycles. The molecule has 0 aromatic heterocycles. The summed E-state index contributed by atoms with van der Waals surface area (Å²) in [5.74, 6) is 0. The van der Waals surface area contributed by atoms with Gasteiger partial charge in [-0.25, -0.2) is 0 Å². The fourth-order valence-electron chi connectivity index (χ4n) is 4.12. The van der Waals surface area contributed by atoms with Gasteiger partial charge in [0, 0.05) is 0 Å². The maximum absolute atomic E-state index is 4.08. The Labute approximate surface area is 153 Å². The molecule has 26 heavy (non-hydrogen) atoms. The number of benzene rings is 5. The van der Waals surface area contributed by atoms with E-state index in [9.17, 15) is 0 Å². The lowest BCUT2D eigenvalue weighted by Gasteiger charge is -2.17. The first-order valence-corrected chi connectivity index (χ1v) is 8.92. The molecule has 0 aliphatic heterocycles. The highest BCUT2D eigenvalue weighted by Crippen LogP contribution is 2.41. The summed E-state index contributed by atoms with van der Waals surface area (Å²) in [5.41, 5.74) is 3.80. The molecule has 0 aliphatic rings. The summed E-state index contributed by atoms with van der Waals surface area (Å²) in [7, 11) is 0. The van der Waals surface area contributed by atoms with Gasteiger partial charge in [0.25, 0.3) is 0 Å². The van der Waals surface area contributed by atoms with Crippen LogP contribution < -0.4 is 0 Å². The predicted molar refractivity (Wildman–Crippen MR) is 114 cm³/mol. The number of hydrogen-bond donors (Lipinski definition) is 0. The van der Waals surface area contributed by atoms with Gasteiger partial charge in [-0.1, -0.05) is 104 Å². The van der Waals surface area contributed by atoms with Crippen LogP contribution in [0.15, 0.2) is 97.6 Å². The van der Waals surface area contributed by atoms with Crippen molar-refractivity contribution in [2.24, 2.45) is 0 Å². The standard InChI is InChI=1S/C26H18/c1-2-19-21-13-5-7-15-24(21)26(25-16-8-6-14-22(19)25)23-17-9-11-18-10-3-4-12-20(18)23/h2-17H,1H2. The van der Waals surface area contributed by atoms with Gasteiger partial charge < -0.3 is 0 Å². The van der Waals surface area contributed by atoms with Crippen LogP contribution in [0.25, 0.3) is 49.5 Å². The first-order chi connectivity index (χ1) is 12.9.